The molecule has 3 N–H and O–H groups in total. The van der Waals surface area contributed by atoms with E-state index in [0.29, 0.717) is 10.8 Å². The molecule has 0 aliphatic carbocycles. The van der Waals surface area contributed by atoms with Crippen LogP contribution in [-0.4, -0.2) is 11.9 Å². The van der Waals surface area contributed by atoms with Gasteiger partial charge in [-0.15, -0.1) is 0 Å². The highest BCUT2D eigenvalue weighted by atomic mass is 35.5. The summed E-state index contributed by atoms with van der Waals surface area (Å²) in [4.78, 5) is 0. The van der Waals surface area contributed by atoms with E-state index in [2.05, 4.69) is 0 Å². The van der Waals surface area contributed by atoms with Crippen molar-refractivity contribution in [1.29, 1.82) is 5.41 Å². The highest BCUT2D eigenvalue weighted by molar-refractivity contribution is 6.32. The van der Waals surface area contributed by atoms with Gasteiger partial charge >= 0.3 is 0 Å². The van der Waals surface area contributed by atoms with Gasteiger partial charge in [0.05, 0.1) is 5.02 Å². The quantitative estimate of drug-likeness (QED) is 0.659. The van der Waals surface area contributed by atoms with E-state index >= 15 is 0 Å². The average Bonchev–Trinajstić information content (AvgIpc) is 2.41. The minimum absolute atomic E-state index is 0.0248. The Morgan fingerprint density at radius 3 is 2.42 bits per heavy atom. The fraction of sp³-hybridized carbons (Fsp3) is 0.133. The summed E-state index contributed by atoms with van der Waals surface area (Å²) >= 11 is 6.19. The van der Waals surface area contributed by atoms with Gasteiger partial charge in [-0.1, -0.05) is 48.0 Å². The van der Waals surface area contributed by atoms with Crippen LogP contribution in [-0.2, 0) is 0 Å². The molecule has 0 heterocycles. The number of amidine groups is 1. The van der Waals surface area contributed by atoms with Gasteiger partial charge in [0.15, 0.2) is 6.10 Å². The van der Waals surface area contributed by atoms with E-state index in [1.54, 1.807) is 13.0 Å². The Morgan fingerprint density at radius 2 is 1.84 bits per heavy atom. The minimum Gasteiger partial charge on any atom is -0.481 e. The molecule has 0 fully saturated rings. The first-order chi connectivity index (χ1) is 9.08. The van der Waals surface area contributed by atoms with Crippen molar-refractivity contribution in [2.75, 3.05) is 0 Å². The van der Waals surface area contributed by atoms with Crippen LogP contribution in [0, 0.1) is 5.41 Å². The van der Waals surface area contributed by atoms with E-state index in [-0.39, 0.29) is 5.84 Å². The molecule has 0 aromatic heterocycles. The van der Waals surface area contributed by atoms with Crippen LogP contribution in [0.5, 0.6) is 5.75 Å². The topological polar surface area (TPSA) is 59.1 Å². The zero-order valence-electron chi connectivity index (χ0n) is 10.6. The van der Waals surface area contributed by atoms with Crippen LogP contribution in [0.1, 0.15) is 6.92 Å². The van der Waals surface area contributed by atoms with Crippen molar-refractivity contribution in [1.82, 2.24) is 0 Å². The van der Waals surface area contributed by atoms with Crippen molar-refractivity contribution < 1.29 is 4.74 Å². The lowest BCUT2D eigenvalue weighted by Crippen LogP contribution is -2.30. The zero-order valence-corrected chi connectivity index (χ0v) is 11.3. The molecule has 1 atom stereocenters. The van der Waals surface area contributed by atoms with E-state index in [4.69, 9.17) is 27.5 Å². The number of benzene rings is 2. The summed E-state index contributed by atoms with van der Waals surface area (Å²) in [5.41, 5.74) is 7.48. The third kappa shape index (κ3) is 3.26. The molecule has 2 aromatic rings. The first kappa shape index (κ1) is 13.4. The molecular weight excluding hydrogens is 260 g/mol. The molecule has 0 saturated heterocycles. The second kappa shape index (κ2) is 5.76. The van der Waals surface area contributed by atoms with E-state index in [1.807, 2.05) is 42.5 Å². The lowest BCUT2D eigenvalue weighted by molar-refractivity contribution is 0.285. The number of hydrogen-bond donors (Lipinski definition) is 2. The molecule has 0 aliphatic heterocycles. The molecule has 0 amide bonds. The molecule has 0 bridgehead atoms. The Kier molecular flexibility index (Phi) is 4.07. The summed E-state index contributed by atoms with van der Waals surface area (Å²) < 4.78 is 5.52. The Labute approximate surface area is 117 Å². The zero-order chi connectivity index (χ0) is 13.8. The molecule has 2 rings (SSSR count). The van der Waals surface area contributed by atoms with E-state index in [1.165, 1.54) is 0 Å². The lowest BCUT2D eigenvalue weighted by atomic mass is 10.1. The number of nitrogens with two attached hydrogens (primary N) is 1. The van der Waals surface area contributed by atoms with Gasteiger partial charge in [0.2, 0.25) is 0 Å². The summed E-state index contributed by atoms with van der Waals surface area (Å²) in [6.45, 7) is 1.71. The molecule has 0 spiro atoms. The monoisotopic (exact) mass is 274 g/mol. The van der Waals surface area contributed by atoms with Gasteiger partial charge < -0.3 is 10.5 Å². The summed E-state index contributed by atoms with van der Waals surface area (Å²) in [5, 5.41) is 7.82. The molecule has 0 aliphatic rings. The fourth-order valence-electron chi connectivity index (χ4n) is 1.66. The second-order valence-electron chi connectivity index (χ2n) is 4.23. The van der Waals surface area contributed by atoms with Crippen LogP contribution in [0.2, 0.25) is 5.02 Å². The Bertz CT molecular complexity index is 584. The van der Waals surface area contributed by atoms with E-state index < -0.39 is 6.10 Å². The minimum atomic E-state index is -0.486. The molecule has 19 heavy (non-hydrogen) atoms. The predicted molar refractivity (Wildman–Crippen MR) is 78.9 cm³/mol. The average molecular weight is 275 g/mol. The SMILES string of the molecule is CC(Oc1ccc(-c2ccccc2)cc1Cl)C(=N)N. The Hall–Kier alpha value is -2.00. The van der Waals surface area contributed by atoms with Crippen LogP contribution in [0.15, 0.2) is 48.5 Å². The molecule has 2 aromatic carbocycles. The Morgan fingerprint density at radius 1 is 1.16 bits per heavy atom. The molecular formula is C15H15ClN2O. The number of ether oxygens (including phenoxy) is 1. The van der Waals surface area contributed by atoms with Crippen LogP contribution in [0.25, 0.3) is 11.1 Å². The standard InChI is InChI=1S/C15H15ClN2O/c1-10(15(17)18)19-14-8-7-12(9-13(14)16)11-5-3-2-4-6-11/h2-10H,1H3,(H3,17,18). The number of nitrogens with one attached hydrogen (secondary N) is 1. The Balaban J connectivity index is 2.25. The predicted octanol–water partition coefficient (Wildman–Crippen LogP) is 3.71. The van der Waals surface area contributed by atoms with Gasteiger partial charge in [-0.2, -0.15) is 0 Å². The number of rotatable bonds is 4. The van der Waals surface area contributed by atoms with Crippen molar-refractivity contribution in [3.63, 3.8) is 0 Å². The van der Waals surface area contributed by atoms with E-state index in [0.717, 1.165) is 11.1 Å². The lowest BCUT2D eigenvalue weighted by Gasteiger charge is -2.14. The molecule has 3 nitrogen and oxygen atoms in total. The maximum absolute atomic E-state index is 7.31. The van der Waals surface area contributed by atoms with Crippen LogP contribution < -0.4 is 10.5 Å². The molecule has 4 heteroatoms. The number of halogens is 1. The third-order valence-corrected chi connectivity index (χ3v) is 3.08. The van der Waals surface area contributed by atoms with E-state index in [9.17, 15) is 0 Å². The van der Waals surface area contributed by atoms with Crippen LogP contribution >= 0.6 is 11.6 Å². The molecule has 0 saturated carbocycles. The first-order valence-electron chi connectivity index (χ1n) is 5.93. The molecule has 0 radical (unpaired) electrons. The van der Waals surface area contributed by atoms with Gasteiger partial charge in [0.1, 0.15) is 11.6 Å². The van der Waals surface area contributed by atoms with Gasteiger partial charge in [-0.25, -0.2) is 0 Å². The van der Waals surface area contributed by atoms with Crippen molar-refractivity contribution in [3.8, 4) is 16.9 Å². The number of hydrogen-bond acceptors (Lipinski definition) is 2. The third-order valence-electron chi connectivity index (χ3n) is 2.78. The fourth-order valence-corrected chi connectivity index (χ4v) is 1.89. The van der Waals surface area contributed by atoms with Crippen molar-refractivity contribution >= 4 is 17.4 Å². The van der Waals surface area contributed by atoms with Crippen LogP contribution in [0.3, 0.4) is 0 Å². The van der Waals surface area contributed by atoms with Crippen LogP contribution in [0.4, 0.5) is 0 Å². The van der Waals surface area contributed by atoms with Crippen molar-refractivity contribution in [2.24, 2.45) is 5.73 Å². The summed E-state index contributed by atoms with van der Waals surface area (Å²) in [6, 6.07) is 15.5. The highest BCUT2D eigenvalue weighted by Crippen LogP contribution is 2.30. The van der Waals surface area contributed by atoms with Gasteiger partial charge in [0, 0.05) is 0 Å². The maximum Gasteiger partial charge on any atom is 0.152 e. The van der Waals surface area contributed by atoms with Gasteiger partial charge in [0.25, 0.3) is 0 Å². The largest absolute Gasteiger partial charge is 0.481 e. The maximum atomic E-state index is 7.31. The van der Waals surface area contributed by atoms with Crippen molar-refractivity contribution in [2.45, 2.75) is 13.0 Å². The summed E-state index contributed by atoms with van der Waals surface area (Å²) in [5.74, 6) is 0.507. The first-order valence-corrected chi connectivity index (χ1v) is 6.31. The van der Waals surface area contributed by atoms with Gasteiger partial charge in [-0.05, 0) is 30.2 Å². The second-order valence-corrected chi connectivity index (χ2v) is 4.63. The normalized spacial score (nSPS) is 11.9. The van der Waals surface area contributed by atoms with Crippen molar-refractivity contribution in [3.05, 3.63) is 53.6 Å². The summed E-state index contributed by atoms with van der Waals surface area (Å²) in [6.07, 6.45) is -0.486. The van der Waals surface area contributed by atoms with Gasteiger partial charge in [-0.3, -0.25) is 5.41 Å². The highest BCUT2D eigenvalue weighted by Gasteiger charge is 2.10. The molecule has 1 unspecified atom stereocenters. The molecule has 98 valence electrons. The smallest absolute Gasteiger partial charge is 0.152 e. The summed E-state index contributed by atoms with van der Waals surface area (Å²) in [7, 11) is 0.